The average molecular weight is 170 g/mol. The second-order valence-corrected chi connectivity index (χ2v) is 2.51. The first-order valence-corrected chi connectivity index (χ1v) is 3.42. The molecular formula is C5H6N4O3. The molecule has 0 bridgehead atoms. The van der Waals surface area contributed by atoms with E-state index in [1.165, 1.54) is 10.9 Å². The Morgan fingerprint density at radius 3 is 3.17 bits per heavy atom. The van der Waals surface area contributed by atoms with Crippen molar-refractivity contribution >= 4 is 5.82 Å². The van der Waals surface area contributed by atoms with Gasteiger partial charge < -0.3 is 14.9 Å². The van der Waals surface area contributed by atoms with Crippen LogP contribution >= 0.6 is 0 Å². The van der Waals surface area contributed by atoms with E-state index in [1.807, 2.05) is 0 Å². The minimum atomic E-state index is -0.572. The highest BCUT2D eigenvalue weighted by Gasteiger charge is 2.25. The Labute approximate surface area is 67.1 Å². The van der Waals surface area contributed by atoms with Crippen molar-refractivity contribution in [3.63, 3.8) is 0 Å². The van der Waals surface area contributed by atoms with Gasteiger partial charge in [-0.15, -0.1) is 0 Å². The average Bonchev–Trinajstić information content (AvgIpc) is 2.66. The van der Waals surface area contributed by atoms with Gasteiger partial charge in [-0.3, -0.25) is 0 Å². The standard InChI is InChI=1S/C5H6N4O3/c10-9(11)5-2-8(7-6-5)1-4-3-12-4/h2,4H,1,3H2. The van der Waals surface area contributed by atoms with Crippen molar-refractivity contribution in [1.82, 2.24) is 15.0 Å². The molecule has 0 aliphatic carbocycles. The summed E-state index contributed by atoms with van der Waals surface area (Å²) in [5.74, 6) is -0.226. The van der Waals surface area contributed by atoms with E-state index in [4.69, 9.17) is 4.74 Å². The number of ether oxygens (including phenoxy) is 1. The van der Waals surface area contributed by atoms with E-state index in [9.17, 15) is 10.1 Å². The lowest BCUT2D eigenvalue weighted by molar-refractivity contribution is -0.389. The fraction of sp³-hybridized carbons (Fsp3) is 0.600. The van der Waals surface area contributed by atoms with Gasteiger partial charge in [0.2, 0.25) is 0 Å². The molecule has 1 saturated heterocycles. The van der Waals surface area contributed by atoms with Crippen LogP contribution in [0, 0.1) is 10.1 Å². The molecule has 1 aromatic heterocycles. The van der Waals surface area contributed by atoms with Crippen LogP contribution in [0.3, 0.4) is 0 Å². The number of nitrogens with zero attached hydrogens (tertiary/aromatic N) is 4. The zero-order chi connectivity index (χ0) is 8.55. The first kappa shape index (κ1) is 7.17. The topological polar surface area (TPSA) is 86.4 Å². The SMILES string of the molecule is O=[N+]([O-])c1cn(CC2CO2)nn1. The minimum absolute atomic E-state index is 0.159. The Balaban J connectivity index is 2.06. The van der Waals surface area contributed by atoms with Crippen molar-refractivity contribution in [2.75, 3.05) is 6.61 Å². The maximum atomic E-state index is 10.2. The zero-order valence-electron chi connectivity index (χ0n) is 6.08. The van der Waals surface area contributed by atoms with Gasteiger partial charge in [0, 0.05) is 0 Å². The van der Waals surface area contributed by atoms with E-state index in [0.29, 0.717) is 13.2 Å². The van der Waals surface area contributed by atoms with Crippen LogP contribution in [0.25, 0.3) is 0 Å². The Morgan fingerprint density at radius 2 is 2.67 bits per heavy atom. The Hall–Kier alpha value is -1.50. The lowest BCUT2D eigenvalue weighted by Gasteiger charge is -1.89. The van der Waals surface area contributed by atoms with Crippen LogP contribution in [-0.2, 0) is 11.3 Å². The Bertz CT molecular complexity index is 305. The molecule has 1 aliphatic heterocycles. The second-order valence-electron chi connectivity index (χ2n) is 2.51. The van der Waals surface area contributed by atoms with Crippen molar-refractivity contribution < 1.29 is 9.66 Å². The summed E-state index contributed by atoms with van der Waals surface area (Å²) in [5, 5.41) is 17.1. The maximum Gasteiger partial charge on any atom is 0.410 e. The fourth-order valence-electron chi connectivity index (χ4n) is 0.843. The van der Waals surface area contributed by atoms with Crippen LogP contribution in [0.5, 0.6) is 0 Å². The number of nitro groups is 1. The largest absolute Gasteiger partial charge is 0.410 e. The second kappa shape index (κ2) is 2.52. The van der Waals surface area contributed by atoms with Crippen LogP contribution in [0.15, 0.2) is 6.20 Å². The number of aromatic nitrogens is 3. The number of hydrogen-bond donors (Lipinski definition) is 0. The first-order valence-electron chi connectivity index (χ1n) is 3.42. The summed E-state index contributed by atoms with van der Waals surface area (Å²) in [6.45, 7) is 1.24. The summed E-state index contributed by atoms with van der Waals surface area (Å²) in [6.07, 6.45) is 1.45. The first-order chi connectivity index (χ1) is 5.75. The summed E-state index contributed by atoms with van der Waals surface area (Å²) in [6, 6.07) is 0. The molecule has 1 aromatic rings. The van der Waals surface area contributed by atoms with Gasteiger partial charge >= 0.3 is 5.82 Å². The molecule has 1 atom stereocenters. The number of rotatable bonds is 3. The van der Waals surface area contributed by atoms with E-state index in [1.54, 1.807) is 0 Å². The Morgan fingerprint density at radius 1 is 1.92 bits per heavy atom. The van der Waals surface area contributed by atoms with E-state index in [2.05, 4.69) is 10.3 Å². The monoisotopic (exact) mass is 170 g/mol. The van der Waals surface area contributed by atoms with Crippen molar-refractivity contribution in [2.45, 2.75) is 12.6 Å². The molecule has 12 heavy (non-hydrogen) atoms. The lowest BCUT2D eigenvalue weighted by Crippen LogP contribution is -2.04. The quantitative estimate of drug-likeness (QED) is 0.349. The number of epoxide rings is 1. The summed E-state index contributed by atoms with van der Waals surface area (Å²) in [7, 11) is 0. The molecule has 1 aliphatic rings. The van der Waals surface area contributed by atoms with Gasteiger partial charge in [0.25, 0.3) is 0 Å². The van der Waals surface area contributed by atoms with E-state index < -0.39 is 4.92 Å². The third-order valence-electron chi connectivity index (χ3n) is 1.51. The summed E-state index contributed by atoms with van der Waals surface area (Å²) in [5.41, 5.74) is 0. The third-order valence-corrected chi connectivity index (χ3v) is 1.51. The van der Waals surface area contributed by atoms with Gasteiger partial charge in [-0.2, -0.15) is 0 Å². The van der Waals surface area contributed by atoms with Crippen molar-refractivity contribution in [3.8, 4) is 0 Å². The molecule has 0 N–H and O–H groups in total. The van der Waals surface area contributed by atoms with Gasteiger partial charge in [0.15, 0.2) is 0 Å². The molecule has 7 nitrogen and oxygen atoms in total. The summed E-state index contributed by atoms with van der Waals surface area (Å²) < 4.78 is 6.34. The van der Waals surface area contributed by atoms with Gasteiger partial charge in [0.05, 0.1) is 18.4 Å². The third kappa shape index (κ3) is 1.40. The predicted molar refractivity (Wildman–Crippen MR) is 36.4 cm³/mol. The van der Waals surface area contributed by atoms with Crippen molar-refractivity contribution in [3.05, 3.63) is 16.3 Å². The molecule has 0 saturated carbocycles. The molecule has 0 amide bonds. The molecule has 0 aromatic carbocycles. The van der Waals surface area contributed by atoms with E-state index >= 15 is 0 Å². The molecule has 1 fully saturated rings. The smallest absolute Gasteiger partial charge is 0.371 e. The van der Waals surface area contributed by atoms with Crippen LogP contribution in [0.4, 0.5) is 5.82 Å². The molecule has 2 rings (SSSR count). The fourth-order valence-corrected chi connectivity index (χ4v) is 0.843. The summed E-state index contributed by atoms with van der Waals surface area (Å²) in [4.78, 5) is 9.60. The molecule has 2 heterocycles. The highest BCUT2D eigenvalue weighted by atomic mass is 16.6. The van der Waals surface area contributed by atoms with Gasteiger partial charge in [-0.05, 0) is 4.92 Å². The maximum absolute atomic E-state index is 10.2. The van der Waals surface area contributed by atoms with Crippen molar-refractivity contribution in [2.24, 2.45) is 0 Å². The molecule has 0 spiro atoms. The number of hydrogen-bond acceptors (Lipinski definition) is 5. The van der Waals surface area contributed by atoms with Crippen molar-refractivity contribution in [1.29, 1.82) is 0 Å². The molecular weight excluding hydrogens is 164 g/mol. The normalized spacial score (nSPS) is 20.8. The van der Waals surface area contributed by atoms with Gasteiger partial charge in [-0.25, -0.2) is 4.68 Å². The minimum Gasteiger partial charge on any atom is -0.371 e. The van der Waals surface area contributed by atoms with Crippen LogP contribution in [0.1, 0.15) is 0 Å². The zero-order valence-corrected chi connectivity index (χ0v) is 6.08. The highest BCUT2D eigenvalue weighted by Crippen LogP contribution is 2.12. The highest BCUT2D eigenvalue weighted by molar-refractivity contribution is 5.08. The summed E-state index contributed by atoms with van der Waals surface area (Å²) >= 11 is 0. The van der Waals surface area contributed by atoms with E-state index in [0.717, 1.165) is 0 Å². The molecule has 0 radical (unpaired) electrons. The van der Waals surface area contributed by atoms with Crippen LogP contribution < -0.4 is 0 Å². The lowest BCUT2D eigenvalue weighted by atomic mass is 10.5. The molecule has 64 valence electrons. The Kier molecular flexibility index (Phi) is 1.51. The van der Waals surface area contributed by atoms with Crippen LogP contribution in [0.2, 0.25) is 0 Å². The molecule has 1 unspecified atom stereocenters. The molecule has 7 heteroatoms. The van der Waals surface area contributed by atoms with Crippen LogP contribution in [-0.4, -0.2) is 32.6 Å². The predicted octanol–water partition coefficient (Wildman–Crippen LogP) is -0.415. The van der Waals surface area contributed by atoms with Gasteiger partial charge in [0.1, 0.15) is 17.4 Å². The van der Waals surface area contributed by atoms with Gasteiger partial charge in [-0.1, -0.05) is 0 Å². The van der Waals surface area contributed by atoms with E-state index in [-0.39, 0.29) is 11.9 Å².